The quantitative estimate of drug-likeness (QED) is 0.698. The molecule has 0 N–H and O–H groups in total. The molecule has 3 nitrogen and oxygen atoms in total. The summed E-state index contributed by atoms with van der Waals surface area (Å²) in [5.41, 5.74) is 3.10. The molecule has 0 saturated heterocycles. The molecule has 0 amide bonds. The van der Waals surface area contributed by atoms with Gasteiger partial charge in [-0.05, 0) is 18.1 Å². The van der Waals surface area contributed by atoms with E-state index in [2.05, 4.69) is 0 Å². The van der Waals surface area contributed by atoms with Crippen LogP contribution in [0.3, 0.4) is 0 Å². The number of hydrogen-bond donors (Lipinski definition) is 0. The highest BCUT2D eigenvalue weighted by molar-refractivity contribution is 6.02. The summed E-state index contributed by atoms with van der Waals surface area (Å²) in [4.78, 5) is 11.7. The number of ether oxygens (including phenoxy) is 2. The van der Waals surface area contributed by atoms with Gasteiger partial charge in [-0.15, -0.1) is 0 Å². The van der Waals surface area contributed by atoms with Crippen LogP contribution in [0.1, 0.15) is 27.9 Å². The van der Waals surface area contributed by atoms with Gasteiger partial charge in [0.25, 0.3) is 0 Å². The number of fused-ring (bicyclic) bond motifs is 3. The highest BCUT2D eigenvalue weighted by atomic mass is 16.7. The summed E-state index contributed by atoms with van der Waals surface area (Å²) < 4.78 is 10.7. The van der Waals surface area contributed by atoms with Crippen molar-refractivity contribution in [2.24, 2.45) is 0 Å². The lowest BCUT2D eigenvalue weighted by atomic mass is 10.0. The number of hydrogen-bond acceptors (Lipinski definition) is 3. The summed E-state index contributed by atoms with van der Waals surface area (Å²) in [6.07, 6.45) is 1.99. The maximum Gasteiger partial charge on any atom is 0.203 e. The van der Waals surface area contributed by atoms with Crippen molar-refractivity contribution in [3.63, 3.8) is 0 Å². The molecule has 1 aromatic rings. The summed E-state index contributed by atoms with van der Waals surface area (Å²) in [7, 11) is 1.62. The predicted octanol–water partition coefficient (Wildman–Crippen LogP) is 1.72. The van der Waals surface area contributed by atoms with Gasteiger partial charge in [0.1, 0.15) is 5.75 Å². The largest absolute Gasteiger partial charge is 0.464 e. The summed E-state index contributed by atoms with van der Waals surface area (Å²) in [6, 6.07) is 3.95. The Hall–Kier alpha value is -1.35. The molecule has 1 atom stereocenters. The molecule has 78 valence electrons. The molecule has 1 heterocycles. The van der Waals surface area contributed by atoms with Crippen molar-refractivity contribution in [2.45, 2.75) is 25.6 Å². The molecule has 0 bridgehead atoms. The van der Waals surface area contributed by atoms with Gasteiger partial charge < -0.3 is 9.47 Å². The fourth-order valence-corrected chi connectivity index (χ4v) is 2.40. The Labute approximate surface area is 88.0 Å². The summed E-state index contributed by atoms with van der Waals surface area (Å²) in [5.74, 6) is 1.07. The van der Waals surface area contributed by atoms with Crippen molar-refractivity contribution in [3.05, 3.63) is 28.8 Å². The van der Waals surface area contributed by atoms with Crippen LogP contribution in [0.5, 0.6) is 5.75 Å². The number of Topliss-reactive ketones (excluding diaryl/α,β-unsaturated/α-hetero) is 1. The molecule has 1 aliphatic heterocycles. The van der Waals surface area contributed by atoms with Gasteiger partial charge in [0.05, 0.1) is 0 Å². The van der Waals surface area contributed by atoms with E-state index in [9.17, 15) is 4.79 Å². The lowest BCUT2D eigenvalue weighted by Crippen LogP contribution is -2.14. The number of benzene rings is 1. The molecule has 1 aliphatic carbocycles. The van der Waals surface area contributed by atoms with Crippen LogP contribution in [0.15, 0.2) is 12.1 Å². The Bertz CT molecular complexity index is 437. The second-order valence-corrected chi connectivity index (χ2v) is 3.99. The topological polar surface area (TPSA) is 35.5 Å². The van der Waals surface area contributed by atoms with E-state index in [1.54, 1.807) is 7.11 Å². The van der Waals surface area contributed by atoms with Gasteiger partial charge >= 0.3 is 0 Å². The van der Waals surface area contributed by atoms with E-state index >= 15 is 0 Å². The highest BCUT2D eigenvalue weighted by Gasteiger charge is 2.31. The first-order valence-electron chi connectivity index (χ1n) is 5.17. The molecule has 0 aromatic heterocycles. The highest BCUT2D eigenvalue weighted by Crippen LogP contribution is 2.37. The van der Waals surface area contributed by atoms with Crippen molar-refractivity contribution in [1.29, 1.82) is 0 Å². The zero-order valence-electron chi connectivity index (χ0n) is 8.58. The number of ketones is 1. The fraction of sp³-hybridized carbons (Fsp3) is 0.417. The molecule has 0 fully saturated rings. The van der Waals surface area contributed by atoms with E-state index in [1.807, 2.05) is 12.1 Å². The van der Waals surface area contributed by atoms with Gasteiger partial charge in [0.15, 0.2) is 5.78 Å². The first-order valence-corrected chi connectivity index (χ1v) is 5.17. The predicted molar refractivity (Wildman–Crippen MR) is 54.2 cm³/mol. The summed E-state index contributed by atoms with van der Waals surface area (Å²) in [6.45, 7) is 0. The van der Waals surface area contributed by atoms with Crippen LogP contribution in [0, 0.1) is 0 Å². The Morgan fingerprint density at radius 1 is 1.40 bits per heavy atom. The molecule has 3 rings (SSSR count). The molecular weight excluding hydrogens is 192 g/mol. The van der Waals surface area contributed by atoms with E-state index in [0.29, 0.717) is 12.8 Å². The van der Waals surface area contributed by atoms with Gasteiger partial charge in [0, 0.05) is 31.1 Å². The molecule has 1 unspecified atom stereocenters. The van der Waals surface area contributed by atoms with Crippen LogP contribution in [0.4, 0.5) is 0 Å². The van der Waals surface area contributed by atoms with Gasteiger partial charge in [-0.25, -0.2) is 0 Å². The van der Waals surface area contributed by atoms with E-state index in [-0.39, 0.29) is 12.1 Å². The lowest BCUT2D eigenvalue weighted by Gasteiger charge is -2.06. The number of aryl methyl sites for hydroxylation is 1. The van der Waals surface area contributed by atoms with Crippen LogP contribution in [0.25, 0.3) is 0 Å². The summed E-state index contributed by atoms with van der Waals surface area (Å²) >= 11 is 0. The molecule has 0 spiro atoms. The molecule has 15 heavy (non-hydrogen) atoms. The van der Waals surface area contributed by atoms with Crippen LogP contribution >= 0.6 is 0 Å². The van der Waals surface area contributed by atoms with Gasteiger partial charge in [-0.2, -0.15) is 0 Å². The number of rotatable bonds is 1. The van der Waals surface area contributed by atoms with Crippen molar-refractivity contribution < 1.29 is 14.3 Å². The third kappa shape index (κ3) is 1.20. The molecule has 2 aliphatic rings. The molecule has 0 radical (unpaired) electrons. The third-order valence-corrected chi connectivity index (χ3v) is 3.15. The van der Waals surface area contributed by atoms with Crippen LogP contribution < -0.4 is 4.74 Å². The maximum atomic E-state index is 11.7. The Kier molecular flexibility index (Phi) is 1.83. The molecule has 0 saturated carbocycles. The van der Waals surface area contributed by atoms with E-state index < -0.39 is 0 Å². The maximum absolute atomic E-state index is 11.7. The Morgan fingerprint density at radius 3 is 3.07 bits per heavy atom. The van der Waals surface area contributed by atoms with Gasteiger partial charge in [0.2, 0.25) is 6.29 Å². The first kappa shape index (κ1) is 8.92. The SMILES string of the molecule is COC1Cc2c(ccc3c2C(=O)CC3)O1. The zero-order valence-corrected chi connectivity index (χ0v) is 8.58. The van der Waals surface area contributed by atoms with Gasteiger partial charge in [-0.3, -0.25) is 4.79 Å². The summed E-state index contributed by atoms with van der Waals surface area (Å²) in [5, 5.41) is 0. The third-order valence-electron chi connectivity index (χ3n) is 3.15. The van der Waals surface area contributed by atoms with Crippen molar-refractivity contribution in [1.82, 2.24) is 0 Å². The molecule has 3 heteroatoms. The fourth-order valence-electron chi connectivity index (χ4n) is 2.40. The van der Waals surface area contributed by atoms with Crippen LogP contribution in [-0.2, 0) is 17.6 Å². The van der Waals surface area contributed by atoms with Crippen molar-refractivity contribution in [3.8, 4) is 5.75 Å². The average Bonchev–Trinajstić information content (AvgIpc) is 2.81. The van der Waals surface area contributed by atoms with Crippen LogP contribution in [-0.4, -0.2) is 19.2 Å². The monoisotopic (exact) mass is 204 g/mol. The zero-order chi connectivity index (χ0) is 10.4. The minimum absolute atomic E-state index is 0.222. The van der Waals surface area contributed by atoms with Gasteiger partial charge in [-0.1, -0.05) is 6.07 Å². The normalized spacial score (nSPS) is 22.5. The number of carbonyl (C=O) groups is 1. The van der Waals surface area contributed by atoms with Crippen molar-refractivity contribution >= 4 is 5.78 Å². The molecule has 1 aromatic carbocycles. The second kappa shape index (κ2) is 3.07. The standard InChI is InChI=1S/C12H12O3/c1-14-11-6-8-10(15-11)5-3-7-2-4-9(13)12(7)8/h3,5,11H,2,4,6H2,1H3. The second-order valence-electron chi connectivity index (χ2n) is 3.99. The smallest absolute Gasteiger partial charge is 0.203 e. The number of methoxy groups -OCH3 is 1. The van der Waals surface area contributed by atoms with E-state index in [4.69, 9.17) is 9.47 Å². The van der Waals surface area contributed by atoms with Crippen molar-refractivity contribution in [2.75, 3.05) is 7.11 Å². The Balaban J connectivity index is 2.11. The van der Waals surface area contributed by atoms with Crippen LogP contribution in [0.2, 0.25) is 0 Å². The average molecular weight is 204 g/mol. The van der Waals surface area contributed by atoms with E-state index in [1.165, 1.54) is 5.56 Å². The van der Waals surface area contributed by atoms with E-state index in [0.717, 1.165) is 23.3 Å². The number of carbonyl (C=O) groups excluding carboxylic acids is 1. The minimum atomic E-state index is -0.222. The Morgan fingerprint density at radius 2 is 2.27 bits per heavy atom. The first-order chi connectivity index (χ1) is 7.29. The minimum Gasteiger partial charge on any atom is -0.464 e. The lowest BCUT2D eigenvalue weighted by molar-refractivity contribution is -0.0367. The molecular formula is C12H12O3.